The Hall–Kier alpha value is -2.36. The predicted octanol–water partition coefficient (Wildman–Crippen LogP) is 3.47. The fraction of sp³-hybridized carbons (Fsp3) is 0.250. The van der Waals surface area contributed by atoms with Crippen LogP contribution in [-0.2, 0) is 4.74 Å². The number of benzene rings is 1. The van der Waals surface area contributed by atoms with E-state index in [-0.39, 0.29) is 5.97 Å². The van der Waals surface area contributed by atoms with Crippen LogP contribution in [0, 0.1) is 0 Å². The van der Waals surface area contributed by atoms with E-state index in [1.807, 2.05) is 50.3 Å². The highest BCUT2D eigenvalue weighted by atomic mass is 16.5. The molecule has 0 saturated carbocycles. The van der Waals surface area contributed by atoms with E-state index in [0.717, 1.165) is 17.0 Å². The van der Waals surface area contributed by atoms with Gasteiger partial charge in [-0.3, -0.25) is 0 Å². The third-order valence-electron chi connectivity index (χ3n) is 2.73. The molecule has 0 saturated heterocycles. The maximum Gasteiger partial charge on any atom is 0.341 e. The van der Waals surface area contributed by atoms with Gasteiger partial charge in [0.15, 0.2) is 0 Å². The summed E-state index contributed by atoms with van der Waals surface area (Å²) in [7, 11) is 0. The molecule has 1 aromatic heterocycles. The van der Waals surface area contributed by atoms with Gasteiger partial charge in [0.25, 0.3) is 0 Å². The molecule has 0 fully saturated rings. The average molecular weight is 270 g/mol. The lowest BCUT2D eigenvalue weighted by Crippen LogP contribution is -2.07. The standard InChI is InChI=1S/C16H18N2O2/c1-4-20-16(19)14-11-17-18(15(14)10-12(2)3)13-8-6-5-7-9-13/h5-11H,4H2,1-3H3. The summed E-state index contributed by atoms with van der Waals surface area (Å²) in [4.78, 5) is 12.0. The van der Waals surface area contributed by atoms with Gasteiger partial charge in [-0.15, -0.1) is 0 Å². The van der Waals surface area contributed by atoms with Crippen molar-refractivity contribution in [1.82, 2.24) is 9.78 Å². The fourth-order valence-corrected chi connectivity index (χ4v) is 1.91. The number of nitrogens with zero attached hydrogens (tertiary/aromatic N) is 2. The van der Waals surface area contributed by atoms with Crippen LogP contribution in [0.3, 0.4) is 0 Å². The van der Waals surface area contributed by atoms with Crippen LogP contribution in [0.25, 0.3) is 11.8 Å². The molecule has 104 valence electrons. The molecule has 2 rings (SSSR count). The number of aromatic nitrogens is 2. The second-order valence-corrected chi connectivity index (χ2v) is 4.63. The van der Waals surface area contributed by atoms with Gasteiger partial charge in [0.1, 0.15) is 5.56 Å². The van der Waals surface area contributed by atoms with E-state index in [2.05, 4.69) is 5.10 Å². The maximum atomic E-state index is 12.0. The van der Waals surface area contributed by atoms with Gasteiger partial charge in [0.2, 0.25) is 0 Å². The van der Waals surface area contributed by atoms with Crippen LogP contribution in [-0.4, -0.2) is 22.4 Å². The van der Waals surface area contributed by atoms with Gasteiger partial charge in [0, 0.05) is 0 Å². The molecule has 1 aromatic carbocycles. The summed E-state index contributed by atoms with van der Waals surface area (Å²) in [6.07, 6.45) is 3.49. The van der Waals surface area contributed by atoms with Crippen LogP contribution in [0.1, 0.15) is 36.8 Å². The van der Waals surface area contributed by atoms with Crippen molar-refractivity contribution >= 4 is 12.0 Å². The number of carbonyl (C=O) groups is 1. The van der Waals surface area contributed by atoms with Crippen LogP contribution in [0.15, 0.2) is 42.1 Å². The Morgan fingerprint density at radius 2 is 2.00 bits per heavy atom. The van der Waals surface area contributed by atoms with E-state index in [1.165, 1.54) is 0 Å². The highest BCUT2D eigenvalue weighted by Gasteiger charge is 2.17. The Labute approximate surface area is 118 Å². The van der Waals surface area contributed by atoms with Crippen molar-refractivity contribution in [3.05, 3.63) is 53.4 Å². The van der Waals surface area contributed by atoms with Crippen LogP contribution in [0.2, 0.25) is 0 Å². The van der Waals surface area contributed by atoms with Crippen LogP contribution in [0.5, 0.6) is 0 Å². The largest absolute Gasteiger partial charge is 0.462 e. The molecule has 0 unspecified atom stereocenters. The first-order valence-electron chi connectivity index (χ1n) is 6.59. The highest BCUT2D eigenvalue weighted by molar-refractivity contribution is 5.93. The predicted molar refractivity (Wildman–Crippen MR) is 78.8 cm³/mol. The Morgan fingerprint density at radius 3 is 2.60 bits per heavy atom. The summed E-state index contributed by atoms with van der Waals surface area (Å²) in [6.45, 7) is 6.11. The number of esters is 1. The van der Waals surface area contributed by atoms with Gasteiger partial charge in [0.05, 0.1) is 24.2 Å². The summed E-state index contributed by atoms with van der Waals surface area (Å²) < 4.78 is 6.83. The normalized spacial score (nSPS) is 10.2. The van der Waals surface area contributed by atoms with Crippen molar-refractivity contribution in [2.24, 2.45) is 0 Å². The average Bonchev–Trinajstić information content (AvgIpc) is 2.83. The second-order valence-electron chi connectivity index (χ2n) is 4.63. The van der Waals surface area contributed by atoms with E-state index in [1.54, 1.807) is 17.8 Å². The molecule has 4 heteroatoms. The van der Waals surface area contributed by atoms with Gasteiger partial charge in [-0.1, -0.05) is 23.8 Å². The number of carbonyl (C=O) groups excluding carboxylic acids is 1. The molecular formula is C16H18N2O2. The maximum absolute atomic E-state index is 12.0. The minimum Gasteiger partial charge on any atom is -0.462 e. The molecule has 0 atom stereocenters. The third-order valence-corrected chi connectivity index (χ3v) is 2.73. The third kappa shape index (κ3) is 2.96. The van der Waals surface area contributed by atoms with Gasteiger partial charge in [-0.25, -0.2) is 9.48 Å². The van der Waals surface area contributed by atoms with Crippen LogP contribution in [0.4, 0.5) is 0 Å². The number of rotatable bonds is 4. The lowest BCUT2D eigenvalue weighted by molar-refractivity contribution is 0.0526. The van der Waals surface area contributed by atoms with Gasteiger partial charge < -0.3 is 4.74 Å². The first-order valence-corrected chi connectivity index (χ1v) is 6.59. The fourth-order valence-electron chi connectivity index (χ4n) is 1.91. The molecule has 0 aliphatic heterocycles. The number of ether oxygens (including phenoxy) is 1. The zero-order chi connectivity index (χ0) is 14.5. The molecular weight excluding hydrogens is 252 g/mol. The molecule has 0 N–H and O–H groups in total. The SMILES string of the molecule is CCOC(=O)c1cnn(-c2ccccc2)c1C=C(C)C. The van der Waals surface area contributed by atoms with Crippen molar-refractivity contribution < 1.29 is 9.53 Å². The number of para-hydroxylation sites is 1. The molecule has 1 heterocycles. The molecule has 0 bridgehead atoms. The smallest absolute Gasteiger partial charge is 0.341 e. The molecule has 0 radical (unpaired) electrons. The summed E-state index contributed by atoms with van der Waals surface area (Å²) in [5.74, 6) is -0.345. The molecule has 0 spiro atoms. The molecule has 4 nitrogen and oxygen atoms in total. The van der Waals surface area contributed by atoms with Crippen LogP contribution < -0.4 is 0 Å². The van der Waals surface area contributed by atoms with Crippen molar-refractivity contribution in [3.63, 3.8) is 0 Å². The molecule has 0 amide bonds. The lowest BCUT2D eigenvalue weighted by atomic mass is 10.2. The Bertz CT molecular complexity index is 623. The number of hydrogen-bond donors (Lipinski definition) is 0. The monoisotopic (exact) mass is 270 g/mol. The summed E-state index contributed by atoms with van der Waals surface area (Å²) >= 11 is 0. The minimum absolute atomic E-state index is 0.345. The van der Waals surface area contributed by atoms with Gasteiger partial charge in [-0.2, -0.15) is 5.10 Å². The summed E-state index contributed by atoms with van der Waals surface area (Å²) in [6, 6.07) is 9.72. The summed E-state index contributed by atoms with van der Waals surface area (Å²) in [5, 5.41) is 4.31. The van der Waals surface area contributed by atoms with Crippen molar-refractivity contribution in [3.8, 4) is 5.69 Å². The number of hydrogen-bond acceptors (Lipinski definition) is 3. The van der Waals surface area contributed by atoms with E-state index in [4.69, 9.17) is 4.74 Å². The first-order chi connectivity index (χ1) is 9.63. The van der Waals surface area contributed by atoms with Crippen molar-refractivity contribution in [2.45, 2.75) is 20.8 Å². The number of allylic oxidation sites excluding steroid dienone is 1. The first kappa shape index (κ1) is 14.1. The Balaban J connectivity index is 2.54. The second kappa shape index (κ2) is 6.19. The summed E-state index contributed by atoms with van der Waals surface area (Å²) in [5.41, 5.74) is 3.23. The van der Waals surface area contributed by atoms with E-state index in [0.29, 0.717) is 12.2 Å². The topological polar surface area (TPSA) is 44.1 Å². The van der Waals surface area contributed by atoms with E-state index < -0.39 is 0 Å². The van der Waals surface area contributed by atoms with E-state index >= 15 is 0 Å². The Morgan fingerprint density at radius 1 is 1.30 bits per heavy atom. The van der Waals surface area contributed by atoms with Crippen molar-refractivity contribution in [1.29, 1.82) is 0 Å². The lowest BCUT2D eigenvalue weighted by Gasteiger charge is -2.06. The molecule has 0 aliphatic rings. The Kier molecular flexibility index (Phi) is 4.35. The zero-order valence-electron chi connectivity index (χ0n) is 12.0. The molecule has 2 aromatic rings. The van der Waals surface area contributed by atoms with Gasteiger partial charge in [-0.05, 0) is 39.0 Å². The van der Waals surface area contributed by atoms with Crippen LogP contribution >= 0.6 is 0 Å². The quantitative estimate of drug-likeness (QED) is 0.799. The van der Waals surface area contributed by atoms with Crippen molar-refractivity contribution in [2.75, 3.05) is 6.61 Å². The van der Waals surface area contributed by atoms with Gasteiger partial charge >= 0.3 is 5.97 Å². The highest BCUT2D eigenvalue weighted by Crippen LogP contribution is 2.19. The minimum atomic E-state index is -0.345. The zero-order valence-corrected chi connectivity index (χ0v) is 12.0. The van der Waals surface area contributed by atoms with E-state index in [9.17, 15) is 4.79 Å². The molecule has 20 heavy (non-hydrogen) atoms. The molecule has 0 aliphatic carbocycles.